The van der Waals surface area contributed by atoms with Gasteiger partial charge in [0, 0.05) is 43.1 Å². The van der Waals surface area contributed by atoms with E-state index in [4.69, 9.17) is 14.2 Å². The highest BCUT2D eigenvalue weighted by Crippen LogP contribution is 2.32. The van der Waals surface area contributed by atoms with E-state index in [0.717, 1.165) is 54.7 Å². The van der Waals surface area contributed by atoms with Crippen LogP contribution >= 0.6 is 0 Å². The van der Waals surface area contributed by atoms with Crippen molar-refractivity contribution in [2.75, 3.05) is 32.8 Å². The lowest BCUT2D eigenvalue weighted by atomic mass is 9.86. The quantitative estimate of drug-likeness (QED) is 0.0331. The minimum atomic E-state index is -0.887. The van der Waals surface area contributed by atoms with E-state index in [9.17, 15) is 29.4 Å². The molecule has 0 aliphatic carbocycles. The topological polar surface area (TPSA) is 180 Å². The summed E-state index contributed by atoms with van der Waals surface area (Å²) in [6.07, 6.45) is 1.29. The maximum Gasteiger partial charge on any atom is 0.408 e. The van der Waals surface area contributed by atoms with E-state index in [0.29, 0.717) is 46.7 Å². The summed E-state index contributed by atoms with van der Waals surface area (Å²) in [5.41, 5.74) is 5.01. The van der Waals surface area contributed by atoms with Gasteiger partial charge in [0.15, 0.2) is 5.78 Å². The number of esters is 1. The van der Waals surface area contributed by atoms with Crippen LogP contribution < -0.4 is 20.9 Å². The number of aromatic amines is 1. The fourth-order valence-corrected chi connectivity index (χ4v) is 8.47. The van der Waals surface area contributed by atoms with Crippen molar-refractivity contribution >= 4 is 28.7 Å². The van der Waals surface area contributed by atoms with Gasteiger partial charge in [-0.3, -0.25) is 14.5 Å². The van der Waals surface area contributed by atoms with Crippen molar-refractivity contribution in [3.63, 3.8) is 0 Å². The molecule has 1 aromatic heterocycles. The molecule has 0 saturated carbocycles. The number of aliphatic hydroxyl groups excluding tert-OH is 1. The van der Waals surface area contributed by atoms with E-state index < -0.39 is 24.2 Å². The maximum absolute atomic E-state index is 13.2. The van der Waals surface area contributed by atoms with Gasteiger partial charge in [-0.05, 0) is 102 Å². The van der Waals surface area contributed by atoms with Crippen LogP contribution in [0.15, 0.2) is 132 Å². The lowest BCUT2D eigenvalue weighted by Crippen LogP contribution is -2.52. The molecule has 3 fully saturated rings. The van der Waals surface area contributed by atoms with Crippen molar-refractivity contribution in [2.24, 2.45) is 5.92 Å². The number of H-pyrrole nitrogens is 1. The van der Waals surface area contributed by atoms with E-state index in [2.05, 4.69) is 20.5 Å². The number of pyridine rings is 1. The van der Waals surface area contributed by atoms with Gasteiger partial charge in [-0.2, -0.15) is 0 Å². The Kier molecular flexibility index (Phi) is 14.1. The number of hydrogen-bond donors (Lipinski definition) is 5. The van der Waals surface area contributed by atoms with Crippen LogP contribution in [-0.4, -0.2) is 76.8 Å². The number of hydrogen-bond acceptors (Lipinski definition) is 11. The summed E-state index contributed by atoms with van der Waals surface area (Å²) < 4.78 is 17.6. The van der Waals surface area contributed by atoms with Crippen LogP contribution in [0.5, 0.6) is 11.5 Å². The molecule has 0 spiro atoms. The van der Waals surface area contributed by atoms with Gasteiger partial charge in [-0.1, -0.05) is 84.9 Å². The van der Waals surface area contributed by atoms with Crippen LogP contribution in [-0.2, 0) is 22.6 Å². The summed E-state index contributed by atoms with van der Waals surface area (Å²) >= 11 is 0. The molecule has 2 bridgehead atoms. The van der Waals surface area contributed by atoms with Gasteiger partial charge in [-0.15, -0.1) is 0 Å². The fourth-order valence-electron chi connectivity index (χ4n) is 8.47. The Balaban J connectivity index is 0.758. The number of rotatable bonds is 18. The molecule has 6 aromatic rings. The summed E-state index contributed by atoms with van der Waals surface area (Å²) in [6, 6.07) is 37.2. The first-order valence-corrected chi connectivity index (χ1v) is 21.8. The fraction of sp³-hybridized carbons (Fsp3) is 0.294. The molecule has 3 atom stereocenters. The van der Waals surface area contributed by atoms with Crippen LogP contribution in [0.1, 0.15) is 86.4 Å². The molecule has 3 aliphatic heterocycles. The van der Waals surface area contributed by atoms with E-state index >= 15 is 0 Å². The molecule has 5 aromatic carbocycles. The number of aliphatic hydroxyl groups is 1. The first kappa shape index (κ1) is 43.8. The number of aromatic nitrogens is 1. The molecular formula is C51H52N4O9. The van der Waals surface area contributed by atoms with Crippen molar-refractivity contribution in [1.82, 2.24) is 20.5 Å². The Bertz CT molecular complexity index is 2610. The van der Waals surface area contributed by atoms with Crippen LogP contribution in [0.25, 0.3) is 10.9 Å². The number of phenols is 1. The monoisotopic (exact) mass is 864 g/mol. The lowest BCUT2D eigenvalue weighted by Gasteiger charge is -2.43. The van der Waals surface area contributed by atoms with Gasteiger partial charge in [0.25, 0.3) is 0 Å². The molecule has 0 radical (unpaired) electrons. The van der Waals surface area contributed by atoms with E-state index in [1.807, 2.05) is 78.9 Å². The van der Waals surface area contributed by atoms with Gasteiger partial charge in [-0.25, -0.2) is 9.59 Å². The number of alkyl carbamates (subject to hydrolysis) is 1. The maximum atomic E-state index is 13.2. The number of ketones is 1. The minimum absolute atomic E-state index is 0.0628. The van der Waals surface area contributed by atoms with Crippen LogP contribution in [0.3, 0.4) is 0 Å². The number of carbonyl (C=O) groups is 3. The summed E-state index contributed by atoms with van der Waals surface area (Å²) in [5, 5.41) is 27.8. The molecular weight excluding hydrogens is 813 g/mol. The smallest absolute Gasteiger partial charge is 0.408 e. The Labute approximate surface area is 371 Å². The summed E-state index contributed by atoms with van der Waals surface area (Å²) in [4.78, 5) is 55.6. The van der Waals surface area contributed by atoms with E-state index in [1.165, 1.54) is 12.1 Å². The molecule has 330 valence electrons. The number of amides is 1. The van der Waals surface area contributed by atoms with E-state index in [-0.39, 0.29) is 54.9 Å². The number of benzene rings is 5. The largest absolute Gasteiger partial charge is 0.506 e. The number of piperidine rings is 3. The number of nitrogens with zero attached hydrogens (tertiary/aromatic N) is 1. The Hall–Kier alpha value is -6.80. The zero-order valence-electron chi connectivity index (χ0n) is 35.4. The zero-order chi connectivity index (χ0) is 44.4. The first-order chi connectivity index (χ1) is 31.2. The number of carbonyl (C=O) groups excluding carboxylic acids is 3. The average Bonchev–Trinajstić information content (AvgIpc) is 3.32. The number of ether oxygens (including phenoxy) is 3. The second kappa shape index (κ2) is 20.6. The number of nitrogens with one attached hydrogen (secondary N) is 3. The number of phenolic OH excluding ortho intramolecular Hbond substituents is 1. The molecule has 3 aliphatic rings. The minimum Gasteiger partial charge on any atom is -0.506 e. The van der Waals surface area contributed by atoms with Crippen molar-refractivity contribution in [3.05, 3.63) is 177 Å². The molecule has 0 unspecified atom stereocenters. The SMILES string of the molecule is O=C(N[C@@H](c1ccccc1)c1cccc(OCc2ccc(C(=O)OCCCC(=O)c3ccc(CNC[C@H](O)c4ccc(O)c5[nH]c(=O)ccc45)cc3)cc2)c1)O[C@H]1CN2CCC1CC2. The Morgan fingerprint density at radius 2 is 1.55 bits per heavy atom. The standard InChI is InChI=1S/C51H52N4O9/c56-43(35-15-11-33(12-16-35)29-52-30-45(58)41-19-21-44(57)49-42(41)20-22-47(59)53-49)10-5-27-62-50(60)38-17-13-34(14-18-38)32-63-40-9-4-8-39(28-40)48(37-6-2-1-3-7-37)54-51(61)64-46-31-55-25-23-36(46)24-26-55/h1-4,6-9,11-22,28,36,45-46,48,52,57-58H,5,10,23-27,29-32H2,(H,53,59)(H,54,61)/t45-,46-,48-/m0/s1. The predicted molar refractivity (Wildman–Crippen MR) is 241 cm³/mol. The van der Waals surface area contributed by atoms with Gasteiger partial charge in [0.2, 0.25) is 5.56 Å². The summed E-state index contributed by atoms with van der Waals surface area (Å²) in [6.45, 7) is 3.95. The van der Waals surface area contributed by atoms with Gasteiger partial charge in [0.05, 0.1) is 29.8 Å². The average molecular weight is 865 g/mol. The third-order valence-corrected chi connectivity index (χ3v) is 12.0. The highest BCUT2D eigenvalue weighted by Gasteiger charge is 2.37. The molecule has 3 saturated heterocycles. The van der Waals surface area contributed by atoms with Crippen molar-refractivity contribution < 1.29 is 38.8 Å². The molecule has 5 N–H and O–H groups in total. The van der Waals surface area contributed by atoms with Gasteiger partial charge < -0.3 is 40.0 Å². The second-order valence-electron chi connectivity index (χ2n) is 16.4. The summed E-state index contributed by atoms with van der Waals surface area (Å²) in [7, 11) is 0. The number of Topliss-reactive ketones (excluding diaryl/α,β-unsaturated/α-hetero) is 1. The van der Waals surface area contributed by atoms with Crippen molar-refractivity contribution in [3.8, 4) is 11.5 Å². The highest BCUT2D eigenvalue weighted by atomic mass is 16.6. The van der Waals surface area contributed by atoms with Crippen LogP contribution in [0.4, 0.5) is 4.79 Å². The van der Waals surface area contributed by atoms with Gasteiger partial charge in [0.1, 0.15) is 24.2 Å². The normalized spacial score (nSPS) is 17.6. The molecule has 13 nitrogen and oxygen atoms in total. The Morgan fingerprint density at radius 1 is 0.812 bits per heavy atom. The third kappa shape index (κ3) is 11.0. The predicted octanol–water partition coefficient (Wildman–Crippen LogP) is 7.37. The second-order valence-corrected chi connectivity index (χ2v) is 16.4. The van der Waals surface area contributed by atoms with Crippen molar-refractivity contribution in [2.45, 2.75) is 57.1 Å². The zero-order valence-corrected chi connectivity index (χ0v) is 35.4. The number of fused-ring (bicyclic) bond motifs is 4. The molecule has 64 heavy (non-hydrogen) atoms. The summed E-state index contributed by atoms with van der Waals surface area (Å²) in [5.74, 6) is 0.432. The highest BCUT2D eigenvalue weighted by molar-refractivity contribution is 5.96. The molecule has 4 heterocycles. The van der Waals surface area contributed by atoms with Crippen molar-refractivity contribution in [1.29, 1.82) is 0 Å². The first-order valence-electron chi connectivity index (χ1n) is 21.8. The lowest BCUT2D eigenvalue weighted by molar-refractivity contribution is -0.0336. The molecule has 13 heteroatoms. The number of aromatic hydroxyl groups is 1. The third-order valence-electron chi connectivity index (χ3n) is 12.0. The van der Waals surface area contributed by atoms with E-state index in [1.54, 1.807) is 36.4 Å². The van der Waals surface area contributed by atoms with Crippen LogP contribution in [0, 0.1) is 5.92 Å². The van der Waals surface area contributed by atoms with Crippen LogP contribution in [0.2, 0.25) is 0 Å². The molecule has 9 rings (SSSR count). The van der Waals surface area contributed by atoms with Gasteiger partial charge >= 0.3 is 12.1 Å². The Morgan fingerprint density at radius 3 is 2.30 bits per heavy atom. The molecule has 1 amide bonds.